The highest BCUT2D eigenvalue weighted by molar-refractivity contribution is 5.61. The van der Waals surface area contributed by atoms with Gasteiger partial charge >= 0.3 is 6.18 Å². The molecule has 3 aromatic carbocycles. The first kappa shape index (κ1) is 18.4. The fourth-order valence-electron chi connectivity index (χ4n) is 3.78. The van der Waals surface area contributed by atoms with Crippen molar-refractivity contribution in [3.8, 4) is 0 Å². The van der Waals surface area contributed by atoms with Crippen LogP contribution in [0.3, 0.4) is 0 Å². The second kappa shape index (κ2) is 7.19. The van der Waals surface area contributed by atoms with Crippen LogP contribution in [0, 0.1) is 0 Å². The molecule has 1 aliphatic rings. The summed E-state index contributed by atoms with van der Waals surface area (Å²) in [5, 5.41) is 0. The molecule has 3 aromatic rings. The fraction of sp³-hybridized carbons (Fsp3) is 0.167. The maximum atomic E-state index is 13.0. The molecule has 4 rings (SSSR count). The minimum Gasteiger partial charge on any atom is -0.360 e. The van der Waals surface area contributed by atoms with Crippen molar-refractivity contribution in [2.75, 3.05) is 0 Å². The number of hydrogen-bond acceptors (Lipinski definition) is 1. The Bertz CT molecular complexity index is 988. The van der Waals surface area contributed by atoms with Crippen molar-refractivity contribution < 1.29 is 13.2 Å². The van der Waals surface area contributed by atoms with Crippen molar-refractivity contribution >= 4 is 6.08 Å². The molecule has 0 saturated heterocycles. The Balaban J connectivity index is 1.78. The van der Waals surface area contributed by atoms with E-state index in [9.17, 15) is 13.2 Å². The van der Waals surface area contributed by atoms with E-state index in [0.717, 1.165) is 28.0 Å². The highest BCUT2D eigenvalue weighted by Gasteiger charge is 2.32. The van der Waals surface area contributed by atoms with Gasteiger partial charge in [0.2, 0.25) is 0 Å². The van der Waals surface area contributed by atoms with Crippen molar-refractivity contribution in [3.63, 3.8) is 0 Å². The van der Waals surface area contributed by atoms with Crippen LogP contribution in [0.5, 0.6) is 0 Å². The minimum atomic E-state index is -4.33. The highest BCUT2D eigenvalue weighted by atomic mass is 19.4. The summed E-state index contributed by atoms with van der Waals surface area (Å²) < 4.78 is 39.0. The number of hydrogen-bond donors (Lipinski definition) is 0. The lowest BCUT2D eigenvalue weighted by Crippen LogP contribution is -2.30. The third-order valence-corrected chi connectivity index (χ3v) is 5.17. The molecule has 0 spiro atoms. The van der Waals surface area contributed by atoms with Crippen LogP contribution in [-0.4, -0.2) is 4.90 Å². The molecule has 1 unspecified atom stereocenters. The van der Waals surface area contributed by atoms with E-state index in [1.54, 1.807) is 12.1 Å². The number of benzene rings is 3. The summed E-state index contributed by atoms with van der Waals surface area (Å²) in [6.07, 6.45) is -2.19. The van der Waals surface area contributed by atoms with E-state index >= 15 is 0 Å². The largest absolute Gasteiger partial charge is 0.416 e. The van der Waals surface area contributed by atoms with Crippen LogP contribution >= 0.6 is 0 Å². The quantitative estimate of drug-likeness (QED) is 0.491. The number of rotatable bonds is 3. The standard InChI is InChI=1S/C24H20F3N/c1-17-15-20-9-5-6-10-22(20)23(28(17)16-18-7-3-2-4-8-18)19-11-13-21(14-12-19)24(25,26)27/h2-15,23H,16H2,1H3. The van der Waals surface area contributed by atoms with Crippen LogP contribution in [0.15, 0.2) is 84.6 Å². The lowest BCUT2D eigenvalue weighted by Gasteiger charge is -2.39. The Morgan fingerprint density at radius 2 is 1.46 bits per heavy atom. The van der Waals surface area contributed by atoms with Gasteiger partial charge in [-0.1, -0.05) is 66.7 Å². The summed E-state index contributed by atoms with van der Waals surface area (Å²) in [5.74, 6) is 0. The molecule has 0 aromatic heterocycles. The summed E-state index contributed by atoms with van der Waals surface area (Å²) in [6, 6.07) is 23.6. The Morgan fingerprint density at radius 1 is 0.821 bits per heavy atom. The first-order chi connectivity index (χ1) is 13.4. The lowest BCUT2D eigenvalue weighted by atomic mass is 9.88. The van der Waals surface area contributed by atoms with Crippen molar-refractivity contribution in [1.82, 2.24) is 4.90 Å². The monoisotopic (exact) mass is 379 g/mol. The van der Waals surface area contributed by atoms with E-state index in [1.165, 1.54) is 12.1 Å². The fourth-order valence-corrected chi connectivity index (χ4v) is 3.78. The van der Waals surface area contributed by atoms with E-state index in [1.807, 2.05) is 30.3 Å². The average Bonchev–Trinajstić information content (AvgIpc) is 2.69. The molecule has 0 radical (unpaired) electrons. The second-order valence-corrected chi connectivity index (χ2v) is 7.05. The molecule has 1 atom stereocenters. The van der Waals surface area contributed by atoms with Gasteiger partial charge in [0.05, 0.1) is 11.6 Å². The highest BCUT2D eigenvalue weighted by Crippen LogP contribution is 2.40. The van der Waals surface area contributed by atoms with Crippen molar-refractivity contribution in [1.29, 1.82) is 0 Å². The molecular formula is C24H20F3N. The molecule has 1 aliphatic heterocycles. The predicted octanol–water partition coefficient (Wildman–Crippen LogP) is 6.67. The van der Waals surface area contributed by atoms with E-state index < -0.39 is 11.7 Å². The number of halogens is 3. The molecule has 142 valence electrons. The van der Waals surface area contributed by atoms with Crippen LogP contribution < -0.4 is 0 Å². The van der Waals surface area contributed by atoms with Gasteiger partial charge in [-0.15, -0.1) is 0 Å². The van der Waals surface area contributed by atoms with Crippen molar-refractivity contribution in [2.45, 2.75) is 25.7 Å². The molecule has 0 saturated carbocycles. The van der Waals surface area contributed by atoms with Crippen LogP contribution in [0.25, 0.3) is 6.08 Å². The summed E-state index contributed by atoms with van der Waals surface area (Å²) >= 11 is 0. The molecule has 0 N–H and O–H groups in total. The van der Waals surface area contributed by atoms with E-state index in [2.05, 4.69) is 42.2 Å². The van der Waals surface area contributed by atoms with Gasteiger partial charge in [0.25, 0.3) is 0 Å². The molecule has 0 bridgehead atoms. The van der Waals surface area contributed by atoms with Gasteiger partial charge in [0.15, 0.2) is 0 Å². The summed E-state index contributed by atoms with van der Waals surface area (Å²) in [4.78, 5) is 2.25. The van der Waals surface area contributed by atoms with E-state index in [-0.39, 0.29) is 6.04 Å². The zero-order valence-electron chi connectivity index (χ0n) is 15.4. The van der Waals surface area contributed by atoms with Gasteiger partial charge in [0, 0.05) is 12.2 Å². The summed E-state index contributed by atoms with van der Waals surface area (Å²) in [7, 11) is 0. The Hall–Kier alpha value is -3.01. The first-order valence-corrected chi connectivity index (χ1v) is 9.18. The smallest absolute Gasteiger partial charge is 0.360 e. The maximum Gasteiger partial charge on any atom is 0.416 e. The minimum absolute atomic E-state index is 0.135. The van der Waals surface area contributed by atoms with Gasteiger partial charge in [-0.25, -0.2) is 0 Å². The third kappa shape index (κ3) is 3.55. The van der Waals surface area contributed by atoms with Crippen molar-refractivity contribution in [2.24, 2.45) is 0 Å². The van der Waals surface area contributed by atoms with Gasteiger partial charge in [0.1, 0.15) is 0 Å². The van der Waals surface area contributed by atoms with Crippen LogP contribution in [0.2, 0.25) is 0 Å². The topological polar surface area (TPSA) is 3.24 Å². The van der Waals surface area contributed by atoms with Crippen LogP contribution in [0.1, 0.15) is 40.8 Å². The molecule has 0 fully saturated rings. The predicted molar refractivity (Wildman–Crippen MR) is 105 cm³/mol. The van der Waals surface area contributed by atoms with E-state index in [0.29, 0.717) is 6.54 Å². The second-order valence-electron chi connectivity index (χ2n) is 7.05. The lowest BCUT2D eigenvalue weighted by molar-refractivity contribution is -0.137. The maximum absolute atomic E-state index is 13.0. The molecule has 4 heteroatoms. The average molecular weight is 379 g/mol. The first-order valence-electron chi connectivity index (χ1n) is 9.18. The van der Waals surface area contributed by atoms with E-state index in [4.69, 9.17) is 0 Å². The zero-order valence-corrected chi connectivity index (χ0v) is 15.4. The summed E-state index contributed by atoms with van der Waals surface area (Å²) in [6.45, 7) is 2.74. The van der Waals surface area contributed by atoms with Gasteiger partial charge in [-0.2, -0.15) is 13.2 Å². The van der Waals surface area contributed by atoms with Gasteiger partial charge in [-0.3, -0.25) is 0 Å². The number of alkyl halides is 3. The molecule has 28 heavy (non-hydrogen) atoms. The summed E-state index contributed by atoms with van der Waals surface area (Å²) in [5.41, 5.74) is 4.68. The van der Waals surface area contributed by atoms with Gasteiger partial charge < -0.3 is 4.90 Å². The Labute approximate surface area is 162 Å². The van der Waals surface area contributed by atoms with Crippen LogP contribution in [0.4, 0.5) is 13.2 Å². The van der Waals surface area contributed by atoms with Crippen molar-refractivity contribution in [3.05, 3.63) is 112 Å². The molecule has 1 nitrogen and oxygen atoms in total. The van der Waals surface area contributed by atoms with Gasteiger partial charge in [-0.05, 0) is 47.4 Å². The Kier molecular flexibility index (Phi) is 4.71. The van der Waals surface area contributed by atoms with Crippen LogP contribution in [-0.2, 0) is 12.7 Å². The molecular weight excluding hydrogens is 359 g/mol. The Morgan fingerprint density at radius 3 is 2.14 bits per heavy atom. The SMILES string of the molecule is CC1=Cc2ccccc2C(c2ccc(C(F)(F)F)cc2)N1Cc1ccccc1. The number of nitrogens with zero attached hydrogens (tertiary/aromatic N) is 1. The number of fused-ring (bicyclic) bond motifs is 1. The molecule has 0 aliphatic carbocycles. The molecule has 0 amide bonds. The normalized spacial score (nSPS) is 16.5. The third-order valence-electron chi connectivity index (χ3n) is 5.17. The number of allylic oxidation sites excluding steroid dienone is 1. The molecule has 1 heterocycles. The zero-order chi connectivity index (χ0) is 19.7.